The van der Waals surface area contributed by atoms with Crippen LogP contribution in [-0.2, 0) is 17.6 Å². The van der Waals surface area contributed by atoms with E-state index in [1.165, 1.54) is 17.7 Å². The molecule has 2 aromatic carbocycles. The summed E-state index contributed by atoms with van der Waals surface area (Å²) < 4.78 is 0. The summed E-state index contributed by atoms with van der Waals surface area (Å²) in [5.41, 5.74) is 2.06. The van der Waals surface area contributed by atoms with E-state index in [1.54, 1.807) is 12.3 Å². The maximum absolute atomic E-state index is 12.6. The highest BCUT2D eigenvalue weighted by atomic mass is 35.5. The standard InChI is InChI=1S/C25H25Cl2N3O3/c26-19-7-5-8-20(27)23(19)24(31)30-21(25(32)33)16-18-12-10-17(11-13-18)6-1-3-14-28-22-9-2-4-15-29-22/h2,4-5,7-13,15,21H,1,3,6,14,16H2,(H,28,29)(H,30,31)(H,32,33)/t21-/m0/s1. The van der Waals surface area contributed by atoms with Crippen LogP contribution in [0.3, 0.4) is 0 Å². The number of unbranched alkanes of at least 4 members (excludes halogenated alkanes) is 1. The molecule has 3 aromatic rings. The van der Waals surface area contributed by atoms with Gasteiger partial charge in [-0.2, -0.15) is 0 Å². The molecule has 0 unspecified atom stereocenters. The number of hydrogen-bond acceptors (Lipinski definition) is 4. The number of anilines is 1. The first-order valence-electron chi connectivity index (χ1n) is 10.6. The molecule has 0 fully saturated rings. The molecule has 0 bridgehead atoms. The Kier molecular flexibility index (Phi) is 9.10. The molecule has 1 heterocycles. The van der Waals surface area contributed by atoms with Gasteiger partial charge in [0.1, 0.15) is 11.9 Å². The van der Waals surface area contributed by atoms with E-state index in [0.29, 0.717) is 0 Å². The number of halogens is 2. The largest absolute Gasteiger partial charge is 0.480 e. The Morgan fingerprint density at radius 1 is 0.909 bits per heavy atom. The van der Waals surface area contributed by atoms with Gasteiger partial charge in [-0.3, -0.25) is 4.79 Å². The van der Waals surface area contributed by atoms with E-state index in [-0.39, 0.29) is 22.0 Å². The number of benzene rings is 2. The van der Waals surface area contributed by atoms with Crippen molar-refractivity contribution in [2.24, 2.45) is 0 Å². The monoisotopic (exact) mass is 485 g/mol. The molecule has 0 saturated carbocycles. The zero-order valence-electron chi connectivity index (χ0n) is 17.9. The van der Waals surface area contributed by atoms with Crippen LogP contribution in [0.15, 0.2) is 66.9 Å². The molecule has 1 atom stereocenters. The quantitative estimate of drug-likeness (QED) is 0.322. The van der Waals surface area contributed by atoms with Gasteiger partial charge in [0, 0.05) is 19.2 Å². The maximum atomic E-state index is 12.6. The van der Waals surface area contributed by atoms with Crippen molar-refractivity contribution in [2.75, 3.05) is 11.9 Å². The molecule has 0 spiro atoms. The number of carboxylic acid groups (broad SMARTS) is 1. The van der Waals surface area contributed by atoms with Gasteiger partial charge in [-0.1, -0.05) is 59.6 Å². The zero-order valence-corrected chi connectivity index (χ0v) is 19.4. The van der Waals surface area contributed by atoms with E-state index >= 15 is 0 Å². The first-order chi connectivity index (χ1) is 15.9. The lowest BCUT2D eigenvalue weighted by molar-refractivity contribution is -0.139. The molecule has 3 N–H and O–H groups in total. The number of hydrogen-bond donors (Lipinski definition) is 3. The third-order valence-electron chi connectivity index (χ3n) is 5.12. The van der Waals surface area contributed by atoms with Gasteiger partial charge < -0.3 is 15.7 Å². The number of carbonyl (C=O) groups excluding carboxylic acids is 1. The molecule has 3 rings (SSSR count). The number of aryl methyl sites for hydroxylation is 1. The Labute approximate surface area is 203 Å². The predicted molar refractivity (Wildman–Crippen MR) is 131 cm³/mol. The van der Waals surface area contributed by atoms with Crippen LogP contribution < -0.4 is 10.6 Å². The number of amides is 1. The van der Waals surface area contributed by atoms with Crippen LogP contribution in [0.25, 0.3) is 0 Å². The fourth-order valence-electron chi connectivity index (χ4n) is 3.36. The van der Waals surface area contributed by atoms with Crippen molar-refractivity contribution in [1.29, 1.82) is 0 Å². The smallest absolute Gasteiger partial charge is 0.326 e. The van der Waals surface area contributed by atoms with E-state index in [1.807, 2.05) is 42.5 Å². The van der Waals surface area contributed by atoms with Crippen molar-refractivity contribution in [1.82, 2.24) is 10.3 Å². The van der Waals surface area contributed by atoms with Crippen molar-refractivity contribution in [3.8, 4) is 0 Å². The first kappa shape index (κ1) is 24.6. The molecule has 0 saturated heterocycles. The topological polar surface area (TPSA) is 91.3 Å². The number of aromatic nitrogens is 1. The van der Waals surface area contributed by atoms with E-state index in [4.69, 9.17) is 23.2 Å². The van der Waals surface area contributed by atoms with Crippen LogP contribution in [-0.4, -0.2) is 34.6 Å². The Balaban J connectivity index is 1.49. The molecule has 0 aliphatic rings. The van der Waals surface area contributed by atoms with Crippen LogP contribution in [0, 0.1) is 0 Å². The van der Waals surface area contributed by atoms with Crippen LogP contribution in [0.4, 0.5) is 5.82 Å². The number of rotatable bonds is 11. The highest BCUT2D eigenvalue weighted by Crippen LogP contribution is 2.24. The number of aliphatic carboxylic acids is 1. The fourth-order valence-corrected chi connectivity index (χ4v) is 3.93. The van der Waals surface area contributed by atoms with Gasteiger partial charge >= 0.3 is 5.97 Å². The van der Waals surface area contributed by atoms with Crippen molar-refractivity contribution in [3.05, 3.63) is 93.6 Å². The Morgan fingerprint density at radius 2 is 1.61 bits per heavy atom. The highest BCUT2D eigenvalue weighted by molar-refractivity contribution is 6.39. The van der Waals surface area contributed by atoms with E-state index in [0.717, 1.165) is 37.2 Å². The first-order valence-corrected chi connectivity index (χ1v) is 11.4. The van der Waals surface area contributed by atoms with E-state index in [2.05, 4.69) is 15.6 Å². The lowest BCUT2D eigenvalue weighted by atomic mass is 10.0. The third-order valence-corrected chi connectivity index (χ3v) is 5.75. The molecule has 0 radical (unpaired) electrons. The van der Waals surface area contributed by atoms with Gasteiger partial charge in [0.15, 0.2) is 0 Å². The molecule has 1 amide bonds. The van der Waals surface area contributed by atoms with Crippen LogP contribution in [0.5, 0.6) is 0 Å². The van der Waals surface area contributed by atoms with Gasteiger partial charge in [-0.15, -0.1) is 0 Å². The Bertz CT molecular complexity index is 1060. The summed E-state index contributed by atoms with van der Waals surface area (Å²) in [5.74, 6) is -0.872. The second-order valence-corrected chi connectivity index (χ2v) is 8.39. The second-order valence-electron chi connectivity index (χ2n) is 7.58. The molecule has 33 heavy (non-hydrogen) atoms. The summed E-state index contributed by atoms with van der Waals surface area (Å²) in [6.07, 6.45) is 4.86. The summed E-state index contributed by atoms with van der Waals surface area (Å²) in [5, 5.41) is 15.7. The molecule has 6 nitrogen and oxygen atoms in total. The lowest BCUT2D eigenvalue weighted by Gasteiger charge is -2.16. The third kappa shape index (κ3) is 7.48. The highest BCUT2D eigenvalue weighted by Gasteiger charge is 2.23. The molecule has 172 valence electrons. The minimum Gasteiger partial charge on any atom is -0.480 e. The summed E-state index contributed by atoms with van der Waals surface area (Å²) in [6.45, 7) is 0.852. The average molecular weight is 486 g/mol. The van der Waals surface area contributed by atoms with Gasteiger partial charge in [0.2, 0.25) is 0 Å². The summed E-state index contributed by atoms with van der Waals surface area (Å²) in [7, 11) is 0. The Hall–Kier alpha value is -3.09. The number of carbonyl (C=O) groups is 2. The number of pyridine rings is 1. The lowest BCUT2D eigenvalue weighted by Crippen LogP contribution is -2.42. The van der Waals surface area contributed by atoms with Gasteiger partial charge in [-0.05, 0) is 54.7 Å². The second kappa shape index (κ2) is 12.2. The van der Waals surface area contributed by atoms with Crippen LogP contribution in [0.1, 0.15) is 34.3 Å². The minimum absolute atomic E-state index is 0.0694. The van der Waals surface area contributed by atoms with Gasteiger partial charge in [0.05, 0.1) is 15.6 Å². The summed E-state index contributed by atoms with van der Waals surface area (Å²) in [6, 6.07) is 17.1. The number of nitrogens with one attached hydrogen (secondary N) is 2. The molecule has 1 aromatic heterocycles. The molecular formula is C25H25Cl2N3O3. The van der Waals surface area contributed by atoms with Gasteiger partial charge in [0.25, 0.3) is 5.91 Å². The van der Waals surface area contributed by atoms with Gasteiger partial charge in [-0.25, -0.2) is 9.78 Å². The van der Waals surface area contributed by atoms with Crippen molar-refractivity contribution >= 4 is 40.9 Å². The number of nitrogens with zero attached hydrogens (tertiary/aromatic N) is 1. The number of carboxylic acids is 1. The summed E-state index contributed by atoms with van der Waals surface area (Å²) >= 11 is 12.1. The van der Waals surface area contributed by atoms with E-state index < -0.39 is 17.9 Å². The summed E-state index contributed by atoms with van der Waals surface area (Å²) in [4.78, 5) is 28.5. The molecular weight excluding hydrogens is 461 g/mol. The molecule has 0 aliphatic heterocycles. The molecule has 0 aliphatic carbocycles. The van der Waals surface area contributed by atoms with Crippen molar-refractivity contribution in [3.63, 3.8) is 0 Å². The van der Waals surface area contributed by atoms with Crippen LogP contribution >= 0.6 is 23.2 Å². The Morgan fingerprint density at radius 3 is 2.24 bits per heavy atom. The molecule has 8 heteroatoms. The van der Waals surface area contributed by atoms with Crippen LogP contribution in [0.2, 0.25) is 10.0 Å². The minimum atomic E-state index is -1.13. The predicted octanol–water partition coefficient (Wildman–Crippen LogP) is 5.25. The normalized spacial score (nSPS) is 11.6. The van der Waals surface area contributed by atoms with E-state index in [9.17, 15) is 14.7 Å². The van der Waals surface area contributed by atoms with Crippen molar-refractivity contribution < 1.29 is 14.7 Å². The van der Waals surface area contributed by atoms with Crippen molar-refractivity contribution in [2.45, 2.75) is 31.7 Å². The zero-order chi connectivity index (χ0) is 23.6. The SMILES string of the molecule is O=C(N[C@@H](Cc1ccc(CCCCNc2ccccn2)cc1)C(=O)O)c1c(Cl)cccc1Cl. The average Bonchev–Trinajstić information content (AvgIpc) is 2.80. The fraction of sp³-hybridized carbons (Fsp3) is 0.240. The maximum Gasteiger partial charge on any atom is 0.326 e.